The zero-order valence-electron chi connectivity index (χ0n) is 12.5. The number of halogens is 1. The fraction of sp³-hybridized carbons (Fsp3) is 0.176. The van der Waals surface area contributed by atoms with Gasteiger partial charge in [-0.05, 0) is 24.3 Å². The summed E-state index contributed by atoms with van der Waals surface area (Å²) in [6.07, 6.45) is 0. The molecule has 0 aliphatic carbocycles. The van der Waals surface area contributed by atoms with Crippen molar-refractivity contribution in [3.8, 4) is 11.5 Å². The van der Waals surface area contributed by atoms with Gasteiger partial charge in [-0.2, -0.15) is 0 Å². The quantitative estimate of drug-likeness (QED) is 0.611. The summed E-state index contributed by atoms with van der Waals surface area (Å²) in [6, 6.07) is 11.5. The normalized spacial score (nSPS) is 11.9. The molecule has 2 aromatic rings. The van der Waals surface area contributed by atoms with E-state index in [1.54, 1.807) is 30.3 Å². The van der Waals surface area contributed by atoms with E-state index in [0.717, 1.165) is 0 Å². The van der Waals surface area contributed by atoms with Crippen molar-refractivity contribution in [3.63, 3.8) is 0 Å². The van der Waals surface area contributed by atoms with Gasteiger partial charge in [0.2, 0.25) is 6.79 Å². The predicted molar refractivity (Wildman–Crippen MR) is 84.6 cm³/mol. The number of carbonyl (C=O) groups is 2. The second kappa shape index (κ2) is 7.23. The number of ether oxygens (including phenoxy) is 4. The number of rotatable bonds is 5. The molecule has 0 amide bonds. The van der Waals surface area contributed by atoms with Crippen molar-refractivity contribution in [3.05, 3.63) is 58.6 Å². The van der Waals surface area contributed by atoms with E-state index in [1.807, 2.05) is 0 Å². The molecule has 0 unspecified atom stereocenters. The predicted octanol–water partition coefficient (Wildman–Crippen LogP) is 3.08. The molecule has 0 radical (unpaired) electrons. The lowest BCUT2D eigenvalue weighted by atomic mass is 10.2. The standard InChI is InChI=1S/C17H13ClO6/c18-13-8-12(9-14-15(13)24-10-23-14)17(20)22-7-6-21-16(19)11-4-2-1-3-5-11/h1-5,8-9H,6-7,10H2. The van der Waals surface area contributed by atoms with Crippen molar-refractivity contribution >= 4 is 23.5 Å². The van der Waals surface area contributed by atoms with E-state index in [1.165, 1.54) is 12.1 Å². The molecule has 2 aromatic carbocycles. The molecule has 1 aliphatic rings. The summed E-state index contributed by atoms with van der Waals surface area (Å²) in [5.74, 6) is -0.265. The third-order valence-corrected chi connectivity index (χ3v) is 3.50. The Kier molecular flexibility index (Phi) is 4.86. The van der Waals surface area contributed by atoms with E-state index < -0.39 is 11.9 Å². The first-order valence-electron chi connectivity index (χ1n) is 7.13. The molecule has 0 N–H and O–H groups in total. The summed E-state index contributed by atoms with van der Waals surface area (Å²) in [7, 11) is 0. The molecule has 6 nitrogen and oxygen atoms in total. The van der Waals surface area contributed by atoms with Crippen LogP contribution in [0.4, 0.5) is 0 Å². The molecule has 0 saturated heterocycles. The van der Waals surface area contributed by atoms with Crippen LogP contribution >= 0.6 is 11.6 Å². The Morgan fingerprint density at radius 3 is 2.33 bits per heavy atom. The molecule has 0 fully saturated rings. The van der Waals surface area contributed by atoms with Gasteiger partial charge in [-0.1, -0.05) is 29.8 Å². The van der Waals surface area contributed by atoms with E-state index in [-0.39, 0.29) is 30.6 Å². The van der Waals surface area contributed by atoms with Crippen molar-refractivity contribution in [1.82, 2.24) is 0 Å². The molecule has 3 rings (SSSR count). The molecule has 7 heteroatoms. The van der Waals surface area contributed by atoms with Crippen LogP contribution in [0.2, 0.25) is 5.02 Å². The summed E-state index contributed by atoms with van der Waals surface area (Å²) >= 11 is 6.01. The number of benzene rings is 2. The minimum Gasteiger partial charge on any atom is -0.458 e. The number of carbonyl (C=O) groups excluding carboxylic acids is 2. The van der Waals surface area contributed by atoms with Gasteiger partial charge in [-0.25, -0.2) is 9.59 Å². The van der Waals surface area contributed by atoms with E-state index in [4.69, 9.17) is 30.5 Å². The Hall–Kier alpha value is -2.73. The van der Waals surface area contributed by atoms with Gasteiger partial charge in [0.15, 0.2) is 11.5 Å². The van der Waals surface area contributed by atoms with Crippen LogP contribution in [0.25, 0.3) is 0 Å². The van der Waals surface area contributed by atoms with E-state index in [2.05, 4.69) is 0 Å². The fourth-order valence-electron chi connectivity index (χ4n) is 2.09. The van der Waals surface area contributed by atoms with Gasteiger partial charge in [0.1, 0.15) is 13.2 Å². The van der Waals surface area contributed by atoms with Crippen LogP contribution in [0, 0.1) is 0 Å². The lowest BCUT2D eigenvalue weighted by Crippen LogP contribution is -2.14. The van der Waals surface area contributed by atoms with Crippen molar-refractivity contribution in [1.29, 1.82) is 0 Å². The third-order valence-electron chi connectivity index (χ3n) is 3.22. The second-order valence-electron chi connectivity index (χ2n) is 4.83. The number of esters is 2. The van der Waals surface area contributed by atoms with Crippen LogP contribution in [0.15, 0.2) is 42.5 Å². The lowest BCUT2D eigenvalue weighted by molar-refractivity contribution is 0.0265. The second-order valence-corrected chi connectivity index (χ2v) is 5.24. The molecule has 1 heterocycles. The highest BCUT2D eigenvalue weighted by atomic mass is 35.5. The Labute approximate surface area is 142 Å². The highest BCUT2D eigenvalue weighted by Gasteiger charge is 2.21. The maximum absolute atomic E-state index is 12.0. The van der Waals surface area contributed by atoms with Crippen LogP contribution in [0.1, 0.15) is 20.7 Å². The molecule has 1 aliphatic heterocycles. The smallest absolute Gasteiger partial charge is 0.338 e. The summed E-state index contributed by atoms with van der Waals surface area (Å²) in [6.45, 7) is -0.0514. The zero-order chi connectivity index (χ0) is 16.9. The van der Waals surface area contributed by atoms with Gasteiger partial charge in [0, 0.05) is 0 Å². The van der Waals surface area contributed by atoms with E-state index in [9.17, 15) is 9.59 Å². The topological polar surface area (TPSA) is 71.1 Å². The van der Waals surface area contributed by atoms with Gasteiger partial charge >= 0.3 is 11.9 Å². The molecule has 0 aromatic heterocycles. The maximum atomic E-state index is 12.0. The summed E-state index contributed by atoms with van der Waals surface area (Å²) in [5, 5.41) is 0.271. The lowest BCUT2D eigenvalue weighted by Gasteiger charge is -2.07. The number of fused-ring (bicyclic) bond motifs is 1. The molecule has 0 atom stereocenters. The van der Waals surface area contributed by atoms with E-state index in [0.29, 0.717) is 17.1 Å². The number of hydrogen-bond acceptors (Lipinski definition) is 6. The maximum Gasteiger partial charge on any atom is 0.338 e. The highest BCUT2D eigenvalue weighted by Crippen LogP contribution is 2.39. The molecule has 0 spiro atoms. The summed E-state index contributed by atoms with van der Waals surface area (Å²) < 4.78 is 20.4. The Balaban J connectivity index is 1.50. The summed E-state index contributed by atoms with van der Waals surface area (Å²) in [4.78, 5) is 23.7. The first kappa shape index (κ1) is 16.1. The monoisotopic (exact) mass is 348 g/mol. The largest absolute Gasteiger partial charge is 0.458 e. The van der Waals surface area contributed by atoms with Crippen LogP contribution in [-0.2, 0) is 9.47 Å². The van der Waals surface area contributed by atoms with Crippen molar-refractivity contribution in [2.45, 2.75) is 0 Å². The molecule has 24 heavy (non-hydrogen) atoms. The van der Waals surface area contributed by atoms with Gasteiger partial charge in [-0.3, -0.25) is 0 Å². The van der Waals surface area contributed by atoms with Crippen LogP contribution in [0.5, 0.6) is 11.5 Å². The molecule has 124 valence electrons. The number of hydrogen-bond donors (Lipinski definition) is 0. The molecule has 0 saturated carbocycles. The van der Waals surface area contributed by atoms with Crippen molar-refractivity contribution in [2.75, 3.05) is 20.0 Å². The van der Waals surface area contributed by atoms with Crippen molar-refractivity contribution < 1.29 is 28.5 Å². The van der Waals surface area contributed by atoms with Crippen molar-refractivity contribution in [2.24, 2.45) is 0 Å². The first-order chi connectivity index (χ1) is 11.6. The Morgan fingerprint density at radius 2 is 1.62 bits per heavy atom. The van der Waals surface area contributed by atoms with Gasteiger partial charge in [0.25, 0.3) is 0 Å². The van der Waals surface area contributed by atoms with Crippen LogP contribution in [0.3, 0.4) is 0 Å². The Bertz CT molecular complexity index is 759. The fourth-order valence-corrected chi connectivity index (χ4v) is 2.36. The molecule has 0 bridgehead atoms. The summed E-state index contributed by atoms with van der Waals surface area (Å²) in [5.41, 5.74) is 0.671. The SMILES string of the molecule is O=C(OCCOC(=O)c1cc(Cl)c2c(c1)OCO2)c1ccccc1. The average Bonchev–Trinajstić information content (AvgIpc) is 3.08. The van der Waals surface area contributed by atoms with Crippen LogP contribution < -0.4 is 9.47 Å². The molecular weight excluding hydrogens is 336 g/mol. The van der Waals surface area contributed by atoms with Gasteiger partial charge < -0.3 is 18.9 Å². The van der Waals surface area contributed by atoms with Gasteiger partial charge in [-0.15, -0.1) is 0 Å². The third kappa shape index (κ3) is 3.60. The first-order valence-corrected chi connectivity index (χ1v) is 7.51. The molecular formula is C17H13ClO6. The zero-order valence-corrected chi connectivity index (χ0v) is 13.2. The van der Waals surface area contributed by atoms with Gasteiger partial charge in [0.05, 0.1) is 16.1 Å². The van der Waals surface area contributed by atoms with Crippen LogP contribution in [-0.4, -0.2) is 31.9 Å². The minimum absolute atomic E-state index is 0.0439. The minimum atomic E-state index is -0.592. The van der Waals surface area contributed by atoms with E-state index >= 15 is 0 Å². The highest BCUT2D eigenvalue weighted by molar-refractivity contribution is 6.32. The average molecular weight is 349 g/mol. The Morgan fingerprint density at radius 1 is 0.958 bits per heavy atom.